The molecule has 0 aromatic carbocycles. The molecule has 0 spiro atoms. The first kappa shape index (κ1) is 11.1. The zero-order valence-electron chi connectivity index (χ0n) is 8.04. The topological polar surface area (TPSA) is 61.5 Å². The number of ether oxygens (including phenoxy) is 2. The van der Waals surface area contributed by atoms with E-state index in [1.807, 2.05) is 0 Å². The average Bonchev–Trinajstić information content (AvgIpc) is 2.20. The van der Waals surface area contributed by atoms with Crippen molar-refractivity contribution in [1.82, 2.24) is 0 Å². The minimum atomic E-state index is -0.380. The number of halogens is 1. The third kappa shape index (κ3) is 2.09. The van der Waals surface area contributed by atoms with Crippen LogP contribution in [0.3, 0.4) is 0 Å². The van der Waals surface area contributed by atoms with Crippen LogP contribution in [-0.4, -0.2) is 25.0 Å². The van der Waals surface area contributed by atoms with E-state index in [9.17, 15) is 4.79 Å². The molecule has 78 valence electrons. The highest BCUT2D eigenvalue weighted by Gasteiger charge is 2.25. The average molecular weight is 262 g/mol. The smallest absolute Gasteiger partial charge is 0.337 e. The van der Waals surface area contributed by atoms with Crippen LogP contribution in [0.5, 0.6) is 0 Å². The molecule has 5 heteroatoms. The van der Waals surface area contributed by atoms with Gasteiger partial charge in [0.15, 0.2) is 0 Å². The van der Waals surface area contributed by atoms with Crippen LogP contribution in [0.25, 0.3) is 0 Å². The summed E-state index contributed by atoms with van der Waals surface area (Å²) in [5.41, 5.74) is 6.85. The molecule has 0 aromatic heterocycles. The van der Waals surface area contributed by atoms with Gasteiger partial charge in [-0.1, -0.05) is 15.9 Å². The highest BCUT2D eigenvalue weighted by molar-refractivity contribution is 9.09. The van der Waals surface area contributed by atoms with Crippen LogP contribution in [0, 0.1) is 0 Å². The third-order valence-electron chi connectivity index (χ3n) is 1.99. The molecule has 0 heterocycles. The number of esters is 1. The summed E-state index contributed by atoms with van der Waals surface area (Å²) in [5.74, 6) is 0.0973. The second-order valence-corrected chi connectivity index (χ2v) is 3.96. The lowest BCUT2D eigenvalue weighted by atomic mass is 10.0. The minimum absolute atomic E-state index is 0.0319. The van der Waals surface area contributed by atoms with E-state index in [4.69, 9.17) is 10.5 Å². The summed E-state index contributed by atoms with van der Waals surface area (Å²) in [6.45, 7) is 0. The summed E-state index contributed by atoms with van der Waals surface area (Å²) in [5, 5.41) is 0. The molecule has 14 heavy (non-hydrogen) atoms. The number of hydrogen-bond donors (Lipinski definition) is 1. The summed E-state index contributed by atoms with van der Waals surface area (Å²) >= 11 is 3.36. The van der Waals surface area contributed by atoms with E-state index in [0.717, 1.165) is 0 Å². The maximum absolute atomic E-state index is 11.3. The van der Waals surface area contributed by atoms with E-state index in [-0.39, 0.29) is 10.8 Å². The van der Waals surface area contributed by atoms with Crippen LogP contribution >= 0.6 is 15.9 Å². The molecule has 4 nitrogen and oxygen atoms in total. The zero-order chi connectivity index (χ0) is 10.7. The first-order chi connectivity index (χ1) is 6.60. The van der Waals surface area contributed by atoms with Crippen molar-refractivity contribution in [1.29, 1.82) is 0 Å². The number of allylic oxidation sites excluding steroid dienone is 2. The van der Waals surface area contributed by atoms with Crippen molar-refractivity contribution in [3.8, 4) is 0 Å². The maximum Gasteiger partial charge on any atom is 0.337 e. The second kappa shape index (κ2) is 4.50. The Morgan fingerprint density at radius 2 is 2.29 bits per heavy atom. The molecular weight excluding hydrogens is 250 g/mol. The molecule has 1 aliphatic rings. The molecule has 0 fully saturated rings. The normalized spacial score (nSPS) is 21.6. The predicted octanol–water partition coefficient (Wildman–Crippen LogP) is 1.07. The number of methoxy groups -OCH3 is 2. The first-order valence-electron chi connectivity index (χ1n) is 4.06. The van der Waals surface area contributed by atoms with Gasteiger partial charge in [0.1, 0.15) is 5.76 Å². The van der Waals surface area contributed by atoms with Crippen LogP contribution in [0.15, 0.2) is 23.1 Å². The van der Waals surface area contributed by atoms with E-state index in [1.165, 1.54) is 14.2 Å². The number of rotatable bonds is 2. The summed E-state index contributed by atoms with van der Waals surface area (Å²) in [6.07, 6.45) is 2.12. The van der Waals surface area contributed by atoms with Gasteiger partial charge in [-0.15, -0.1) is 0 Å². The summed E-state index contributed by atoms with van der Waals surface area (Å²) in [4.78, 5) is 11.3. The lowest BCUT2D eigenvalue weighted by Crippen LogP contribution is -2.22. The van der Waals surface area contributed by atoms with Crippen LogP contribution in [0.4, 0.5) is 0 Å². The summed E-state index contributed by atoms with van der Waals surface area (Å²) in [6, 6.07) is 0. The largest absolute Gasteiger partial charge is 0.496 e. The van der Waals surface area contributed by atoms with Gasteiger partial charge >= 0.3 is 5.97 Å². The second-order valence-electron chi connectivity index (χ2n) is 2.85. The Kier molecular flexibility index (Phi) is 3.57. The van der Waals surface area contributed by atoms with Gasteiger partial charge in [-0.3, -0.25) is 0 Å². The standard InChI is InChI=1S/C9H12BrNO3/c1-13-8-4-7(11)6(10)3-5(8)9(12)14-2/h4,6H,3,11H2,1-2H3. The van der Waals surface area contributed by atoms with Crippen LogP contribution in [0.1, 0.15) is 6.42 Å². The Labute approximate surface area is 90.9 Å². The van der Waals surface area contributed by atoms with E-state index in [2.05, 4.69) is 20.7 Å². The fraction of sp³-hybridized carbons (Fsp3) is 0.444. The Morgan fingerprint density at radius 1 is 1.64 bits per heavy atom. The summed E-state index contributed by atoms with van der Waals surface area (Å²) < 4.78 is 9.68. The van der Waals surface area contributed by atoms with Gasteiger partial charge < -0.3 is 15.2 Å². The van der Waals surface area contributed by atoms with E-state index < -0.39 is 0 Å². The number of nitrogens with two attached hydrogens (primary N) is 1. The monoisotopic (exact) mass is 261 g/mol. The number of hydrogen-bond acceptors (Lipinski definition) is 4. The van der Waals surface area contributed by atoms with Crippen molar-refractivity contribution in [2.45, 2.75) is 11.2 Å². The maximum atomic E-state index is 11.3. The molecule has 0 aromatic rings. The molecule has 0 aliphatic heterocycles. The highest BCUT2D eigenvalue weighted by Crippen LogP contribution is 2.27. The Balaban J connectivity index is 3.03. The fourth-order valence-corrected chi connectivity index (χ4v) is 1.67. The van der Waals surface area contributed by atoms with Crippen molar-refractivity contribution in [3.05, 3.63) is 23.1 Å². The van der Waals surface area contributed by atoms with E-state index in [1.54, 1.807) is 6.08 Å². The van der Waals surface area contributed by atoms with Gasteiger partial charge in [-0.25, -0.2) is 4.79 Å². The van der Waals surface area contributed by atoms with Crippen LogP contribution in [-0.2, 0) is 14.3 Å². The third-order valence-corrected chi connectivity index (χ3v) is 2.84. The van der Waals surface area contributed by atoms with Gasteiger partial charge in [0.05, 0.1) is 24.6 Å². The molecule has 0 saturated heterocycles. The highest BCUT2D eigenvalue weighted by atomic mass is 79.9. The first-order valence-corrected chi connectivity index (χ1v) is 4.98. The van der Waals surface area contributed by atoms with Crippen LogP contribution < -0.4 is 5.73 Å². The van der Waals surface area contributed by atoms with Crippen molar-refractivity contribution >= 4 is 21.9 Å². The molecule has 2 N–H and O–H groups in total. The van der Waals surface area contributed by atoms with Crippen LogP contribution in [0.2, 0.25) is 0 Å². The molecule has 0 bridgehead atoms. The van der Waals surface area contributed by atoms with Crippen molar-refractivity contribution in [2.75, 3.05) is 14.2 Å². The molecule has 0 radical (unpaired) electrons. The number of carbonyl (C=O) groups is 1. The van der Waals surface area contributed by atoms with Gasteiger partial charge in [0.25, 0.3) is 0 Å². The molecule has 0 amide bonds. The van der Waals surface area contributed by atoms with E-state index >= 15 is 0 Å². The predicted molar refractivity (Wildman–Crippen MR) is 55.7 cm³/mol. The Bertz CT molecular complexity index is 309. The fourth-order valence-electron chi connectivity index (χ4n) is 1.22. The number of alkyl halides is 1. The molecule has 0 saturated carbocycles. The quantitative estimate of drug-likeness (QED) is 0.597. The van der Waals surface area contributed by atoms with Gasteiger partial charge in [0.2, 0.25) is 0 Å². The minimum Gasteiger partial charge on any atom is -0.496 e. The lowest BCUT2D eigenvalue weighted by Gasteiger charge is -2.19. The SMILES string of the molecule is COC(=O)C1=C(OC)C=C(N)C(Br)C1. The zero-order valence-corrected chi connectivity index (χ0v) is 9.63. The van der Waals surface area contributed by atoms with Crippen molar-refractivity contribution < 1.29 is 14.3 Å². The molecule has 1 aliphatic carbocycles. The summed E-state index contributed by atoms with van der Waals surface area (Å²) in [7, 11) is 2.84. The van der Waals surface area contributed by atoms with E-state index in [0.29, 0.717) is 23.5 Å². The molecule has 1 rings (SSSR count). The van der Waals surface area contributed by atoms with Crippen molar-refractivity contribution in [2.24, 2.45) is 5.73 Å². The number of carbonyl (C=O) groups excluding carboxylic acids is 1. The Morgan fingerprint density at radius 3 is 2.79 bits per heavy atom. The molecule has 1 unspecified atom stereocenters. The van der Waals surface area contributed by atoms with Crippen molar-refractivity contribution in [3.63, 3.8) is 0 Å². The lowest BCUT2D eigenvalue weighted by molar-refractivity contribution is -0.136. The molecular formula is C9H12BrNO3. The van der Waals surface area contributed by atoms with Gasteiger partial charge in [0, 0.05) is 18.2 Å². The van der Waals surface area contributed by atoms with Gasteiger partial charge in [-0.2, -0.15) is 0 Å². The molecule has 1 atom stereocenters. The Hall–Kier alpha value is -0.970. The van der Waals surface area contributed by atoms with Gasteiger partial charge in [-0.05, 0) is 0 Å².